The normalized spacial score (nSPS) is 11.4. The molecule has 0 amide bonds. The topological polar surface area (TPSA) is 43.4 Å². The molecule has 1 aromatic rings. The second-order valence-corrected chi connectivity index (χ2v) is 5.86. The molecule has 0 unspecified atom stereocenters. The van der Waals surface area contributed by atoms with E-state index < -0.39 is 10.1 Å². The zero-order chi connectivity index (χ0) is 12.7. The van der Waals surface area contributed by atoms with Crippen LogP contribution in [0.1, 0.15) is 38.2 Å². The molecule has 0 aliphatic heterocycles. The van der Waals surface area contributed by atoms with E-state index in [1.165, 1.54) is 0 Å². The molecular formula is C13H20O3S. The summed E-state index contributed by atoms with van der Waals surface area (Å²) >= 11 is 0. The van der Waals surface area contributed by atoms with Gasteiger partial charge in [0.15, 0.2) is 0 Å². The van der Waals surface area contributed by atoms with Gasteiger partial charge in [-0.3, -0.25) is 0 Å². The van der Waals surface area contributed by atoms with Crippen LogP contribution in [0, 0.1) is 6.92 Å². The third-order valence-corrected chi connectivity index (χ3v) is 3.78. The van der Waals surface area contributed by atoms with Crippen LogP contribution in [0.4, 0.5) is 0 Å². The lowest BCUT2D eigenvalue weighted by molar-refractivity contribution is 0.480. The number of aryl methyl sites for hydroxylation is 1. The van der Waals surface area contributed by atoms with Gasteiger partial charge >= 0.3 is 10.1 Å². The molecule has 0 spiro atoms. The van der Waals surface area contributed by atoms with Crippen molar-refractivity contribution in [3.63, 3.8) is 0 Å². The summed E-state index contributed by atoms with van der Waals surface area (Å²) in [7, 11) is -3.44. The van der Waals surface area contributed by atoms with Gasteiger partial charge in [0, 0.05) is 0 Å². The zero-order valence-electron chi connectivity index (χ0n) is 10.5. The molecule has 0 saturated heterocycles. The summed E-state index contributed by atoms with van der Waals surface area (Å²) in [5, 5.41) is 0. The second kappa shape index (κ2) is 6.64. The largest absolute Gasteiger partial charge is 0.382 e. The summed E-state index contributed by atoms with van der Waals surface area (Å²) in [5.74, 6) is 0.532. The maximum absolute atomic E-state index is 11.7. The number of hydrogen-bond acceptors (Lipinski definition) is 3. The van der Waals surface area contributed by atoms with Gasteiger partial charge < -0.3 is 4.18 Å². The SMILES string of the molecule is CCCCCCS(=O)(=O)Oc1ccccc1C. The fraction of sp³-hybridized carbons (Fsp3) is 0.538. The third-order valence-electron chi connectivity index (χ3n) is 2.56. The van der Waals surface area contributed by atoms with Crippen LogP contribution in [0.2, 0.25) is 0 Å². The van der Waals surface area contributed by atoms with Crippen LogP contribution < -0.4 is 4.18 Å². The highest BCUT2D eigenvalue weighted by Crippen LogP contribution is 2.19. The molecule has 0 atom stereocenters. The number of rotatable bonds is 7. The van der Waals surface area contributed by atoms with Crippen LogP contribution in [0.3, 0.4) is 0 Å². The first-order chi connectivity index (χ1) is 8.05. The summed E-state index contributed by atoms with van der Waals surface area (Å²) in [4.78, 5) is 0. The Morgan fingerprint density at radius 1 is 1.12 bits per heavy atom. The Labute approximate surface area is 104 Å². The van der Waals surface area contributed by atoms with E-state index in [4.69, 9.17) is 4.18 Å². The number of para-hydroxylation sites is 1. The lowest BCUT2D eigenvalue weighted by atomic mass is 10.2. The van der Waals surface area contributed by atoms with Crippen LogP contribution in [0.15, 0.2) is 24.3 Å². The van der Waals surface area contributed by atoms with Crippen molar-refractivity contribution in [1.82, 2.24) is 0 Å². The molecule has 0 fully saturated rings. The van der Waals surface area contributed by atoms with E-state index in [1.54, 1.807) is 12.1 Å². The average Bonchev–Trinajstić information content (AvgIpc) is 2.28. The fourth-order valence-electron chi connectivity index (χ4n) is 1.53. The first-order valence-electron chi connectivity index (χ1n) is 6.03. The third kappa shape index (κ3) is 5.22. The standard InChI is InChI=1S/C13H20O3S/c1-3-4-5-8-11-17(14,15)16-13-10-7-6-9-12(13)2/h6-7,9-10H,3-5,8,11H2,1-2H3. The molecule has 96 valence electrons. The molecule has 0 heterocycles. The van der Waals surface area contributed by atoms with E-state index in [0.717, 1.165) is 24.8 Å². The maximum Gasteiger partial charge on any atom is 0.309 e. The van der Waals surface area contributed by atoms with Crippen LogP contribution in [0.25, 0.3) is 0 Å². The van der Waals surface area contributed by atoms with Gasteiger partial charge in [0.2, 0.25) is 0 Å². The van der Waals surface area contributed by atoms with Crippen molar-refractivity contribution in [2.75, 3.05) is 5.75 Å². The molecule has 0 saturated carbocycles. The molecule has 0 radical (unpaired) electrons. The smallest absolute Gasteiger partial charge is 0.309 e. The Hall–Kier alpha value is -1.03. The Bertz CT molecular complexity index is 438. The van der Waals surface area contributed by atoms with Crippen LogP contribution in [-0.2, 0) is 10.1 Å². The van der Waals surface area contributed by atoms with Crippen LogP contribution >= 0.6 is 0 Å². The van der Waals surface area contributed by atoms with Gasteiger partial charge in [0.05, 0.1) is 5.75 Å². The van der Waals surface area contributed by atoms with Crippen molar-refractivity contribution < 1.29 is 12.6 Å². The summed E-state index contributed by atoms with van der Waals surface area (Å²) < 4.78 is 28.5. The Balaban J connectivity index is 2.52. The van der Waals surface area contributed by atoms with Gasteiger partial charge in [-0.1, -0.05) is 44.4 Å². The average molecular weight is 256 g/mol. The van der Waals surface area contributed by atoms with E-state index in [0.29, 0.717) is 12.2 Å². The molecule has 1 aromatic carbocycles. The molecule has 3 nitrogen and oxygen atoms in total. The van der Waals surface area contributed by atoms with Crippen molar-refractivity contribution in [3.05, 3.63) is 29.8 Å². The van der Waals surface area contributed by atoms with Crippen molar-refractivity contribution >= 4 is 10.1 Å². The van der Waals surface area contributed by atoms with Crippen molar-refractivity contribution in [2.24, 2.45) is 0 Å². The molecule has 4 heteroatoms. The highest BCUT2D eigenvalue weighted by Gasteiger charge is 2.13. The number of hydrogen-bond donors (Lipinski definition) is 0. The lowest BCUT2D eigenvalue weighted by Gasteiger charge is -2.08. The molecule has 0 bridgehead atoms. The van der Waals surface area contributed by atoms with Gasteiger partial charge in [-0.2, -0.15) is 8.42 Å². The highest BCUT2D eigenvalue weighted by molar-refractivity contribution is 7.87. The van der Waals surface area contributed by atoms with E-state index >= 15 is 0 Å². The number of unbranched alkanes of at least 4 members (excludes halogenated alkanes) is 3. The number of benzene rings is 1. The summed E-state index contributed by atoms with van der Waals surface area (Å²) in [5.41, 5.74) is 0.838. The Kier molecular flexibility index (Phi) is 5.48. The van der Waals surface area contributed by atoms with Crippen molar-refractivity contribution in [3.8, 4) is 5.75 Å². The van der Waals surface area contributed by atoms with Gasteiger partial charge in [-0.25, -0.2) is 0 Å². The monoisotopic (exact) mass is 256 g/mol. The minimum absolute atomic E-state index is 0.0985. The molecule has 1 rings (SSSR count). The summed E-state index contributed by atoms with van der Waals surface area (Å²) in [6.07, 6.45) is 3.77. The predicted molar refractivity (Wildman–Crippen MR) is 69.7 cm³/mol. The molecular weight excluding hydrogens is 236 g/mol. The van der Waals surface area contributed by atoms with Crippen LogP contribution in [0.5, 0.6) is 5.75 Å². The van der Waals surface area contributed by atoms with E-state index in [-0.39, 0.29) is 5.75 Å². The molecule has 0 aliphatic carbocycles. The minimum Gasteiger partial charge on any atom is -0.382 e. The maximum atomic E-state index is 11.7. The molecule has 0 N–H and O–H groups in total. The van der Waals surface area contributed by atoms with Gasteiger partial charge in [-0.15, -0.1) is 0 Å². The summed E-state index contributed by atoms with van der Waals surface area (Å²) in [6, 6.07) is 7.14. The van der Waals surface area contributed by atoms with E-state index in [9.17, 15) is 8.42 Å². The molecule has 0 aliphatic rings. The first kappa shape index (κ1) is 14.0. The molecule has 17 heavy (non-hydrogen) atoms. The highest BCUT2D eigenvalue weighted by atomic mass is 32.2. The summed E-state index contributed by atoms with van der Waals surface area (Å²) in [6.45, 7) is 3.93. The lowest BCUT2D eigenvalue weighted by Crippen LogP contribution is -2.14. The fourth-order valence-corrected chi connectivity index (χ4v) is 2.64. The van der Waals surface area contributed by atoms with E-state index in [1.807, 2.05) is 19.1 Å². The van der Waals surface area contributed by atoms with Crippen molar-refractivity contribution in [2.45, 2.75) is 39.5 Å². The van der Waals surface area contributed by atoms with Gasteiger partial charge in [0.25, 0.3) is 0 Å². The van der Waals surface area contributed by atoms with E-state index in [2.05, 4.69) is 6.92 Å². The zero-order valence-corrected chi connectivity index (χ0v) is 11.3. The minimum atomic E-state index is -3.44. The predicted octanol–water partition coefficient (Wildman–Crippen LogP) is 3.28. The van der Waals surface area contributed by atoms with Gasteiger partial charge in [0.1, 0.15) is 5.75 Å². The quantitative estimate of drug-likeness (QED) is 0.555. The Morgan fingerprint density at radius 3 is 2.47 bits per heavy atom. The second-order valence-electron chi connectivity index (χ2n) is 4.17. The first-order valence-corrected chi connectivity index (χ1v) is 7.60. The van der Waals surface area contributed by atoms with Crippen LogP contribution in [-0.4, -0.2) is 14.2 Å². The van der Waals surface area contributed by atoms with Crippen molar-refractivity contribution in [1.29, 1.82) is 0 Å². The molecule has 0 aromatic heterocycles. The Morgan fingerprint density at radius 2 is 1.82 bits per heavy atom. The van der Waals surface area contributed by atoms with Gasteiger partial charge in [-0.05, 0) is 25.0 Å².